The highest BCUT2D eigenvalue weighted by molar-refractivity contribution is 7.49. The molecule has 2 rings (SSSR count). The summed E-state index contributed by atoms with van der Waals surface area (Å²) < 4.78 is 35.6. The van der Waals surface area contributed by atoms with Gasteiger partial charge in [0.05, 0.1) is 17.3 Å². The van der Waals surface area contributed by atoms with Gasteiger partial charge < -0.3 is 30.7 Å². The second-order valence-electron chi connectivity index (χ2n) is 11.7. The van der Waals surface area contributed by atoms with Gasteiger partial charge >= 0.3 is 13.9 Å². The molecule has 2 aromatic carbocycles. The van der Waals surface area contributed by atoms with Crippen LogP contribution >= 0.6 is 7.82 Å². The minimum Gasteiger partial charge on any atom is -0.445 e. The number of nitrogens with one attached hydrogen (secondary N) is 2. The van der Waals surface area contributed by atoms with Crippen LogP contribution in [0.15, 0.2) is 54.6 Å². The second-order valence-corrected chi connectivity index (χ2v) is 13.1. The predicted molar refractivity (Wildman–Crippen MR) is 156 cm³/mol. The summed E-state index contributed by atoms with van der Waals surface area (Å²) in [4.78, 5) is 37.4. The Bertz CT molecular complexity index is 1220. The van der Waals surface area contributed by atoms with E-state index < -0.39 is 55.1 Å². The van der Waals surface area contributed by atoms with Crippen LogP contribution in [0.5, 0.6) is 5.75 Å². The van der Waals surface area contributed by atoms with Gasteiger partial charge in [-0.05, 0) is 71.7 Å². The standard InChI is InChI=1S/C29H42N3O9P/c1-19(33)24(25(30)34)32-26(35)23(31-27(36)38-18-21-11-9-8-10-12-21)17-20-13-15-22(16-14-20)39-42(37,40-28(2,3)4)41-29(5,6)7/h8-16,19,23-24,33H,17-18H2,1-7H3,(H2,30,34)(H,31,36)(H,32,35)/t19-,23-,24-/m0/s1. The number of benzene rings is 2. The van der Waals surface area contributed by atoms with E-state index in [0.29, 0.717) is 5.56 Å². The number of primary amides is 1. The Hall–Kier alpha value is -3.44. The first kappa shape index (κ1) is 34.8. The number of phosphoric acid groups is 1. The van der Waals surface area contributed by atoms with Crippen molar-refractivity contribution in [1.29, 1.82) is 0 Å². The lowest BCUT2D eigenvalue weighted by Gasteiger charge is -2.30. The van der Waals surface area contributed by atoms with Gasteiger partial charge in [0, 0.05) is 6.42 Å². The molecule has 232 valence electrons. The number of rotatable bonds is 13. The van der Waals surface area contributed by atoms with Crippen molar-refractivity contribution in [3.05, 3.63) is 65.7 Å². The molecule has 0 spiro atoms. The number of carbonyl (C=O) groups excluding carboxylic acids is 3. The van der Waals surface area contributed by atoms with Gasteiger partial charge in [0.2, 0.25) is 11.8 Å². The lowest BCUT2D eigenvalue weighted by molar-refractivity contribution is -0.130. The van der Waals surface area contributed by atoms with Crippen LogP contribution in [0, 0.1) is 0 Å². The van der Waals surface area contributed by atoms with Crippen molar-refractivity contribution in [2.45, 2.75) is 90.9 Å². The van der Waals surface area contributed by atoms with E-state index in [0.717, 1.165) is 5.56 Å². The van der Waals surface area contributed by atoms with Crippen LogP contribution in [0.3, 0.4) is 0 Å². The van der Waals surface area contributed by atoms with E-state index in [1.807, 2.05) is 6.07 Å². The molecule has 0 aliphatic heterocycles. The zero-order valence-corrected chi connectivity index (χ0v) is 26.0. The van der Waals surface area contributed by atoms with E-state index >= 15 is 0 Å². The summed E-state index contributed by atoms with van der Waals surface area (Å²) in [5, 5.41) is 14.7. The predicted octanol–water partition coefficient (Wildman–Crippen LogP) is 3.99. The Kier molecular flexibility index (Phi) is 12.1. The summed E-state index contributed by atoms with van der Waals surface area (Å²) in [6, 6.07) is 12.6. The summed E-state index contributed by atoms with van der Waals surface area (Å²) >= 11 is 0. The Labute approximate surface area is 246 Å². The van der Waals surface area contributed by atoms with Gasteiger partial charge in [0.15, 0.2) is 0 Å². The maximum absolute atomic E-state index is 13.4. The molecule has 0 unspecified atom stereocenters. The van der Waals surface area contributed by atoms with Gasteiger partial charge in [-0.3, -0.25) is 18.6 Å². The van der Waals surface area contributed by atoms with Crippen molar-refractivity contribution < 1.29 is 42.4 Å². The SMILES string of the molecule is C[C@H](O)[C@H](NC(=O)[C@H](Cc1ccc(OP(=O)(OC(C)(C)C)OC(C)(C)C)cc1)NC(=O)OCc1ccccc1)C(N)=O. The molecule has 0 heterocycles. The third-order valence-corrected chi connectivity index (χ3v) is 7.24. The highest BCUT2D eigenvalue weighted by Gasteiger charge is 2.38. The molecule has 3 atom stereocenters. The van der Waals surface area contributed by atoms with Gasteiger partial charge in [-0.15, -0.1) is 0 Å². The highest BCUT2D eigenvalue weighted by Crippen LogP contribution is 2.55. The Morgan fingerprint density at radius 2 is 1.43 bits per heavy atom. The average molecular weight is 608 g/mol. The first-order valence-corrected chi connectivity index (χ1v) is 14.9. The van der Waals surface area contributed by atoms with Crippen molar-refractivity contribution in [3.63, 3.8) is 0 Å². The molecule has 0 fully saturated rings. The van der Waals surface area contributed by atoms with Gasteiger partial charge in [-0.2, -0.15) is 0 Å². The summed E-state index contributed by atoms with van der Waals surface area (Å²) in [5.41, 5.74) is 4.98. The topological polar surface area (TPSA) is 176 Å². The van der Waals surface area contributed by atoms with Crippen LogP contribution in [0.25, 0.3) is 0 Å². The summed E-state index contributed by atoms with van der Waals surface area (Å²) in [5.74, 6) is -1.52. The molecule has 0 saturated heterocycles. The number of aliphatic hydroxyl groups excluding tert-OH is 1. The van der Waals surface area contributed by atoms with Crippen LogP contribution in [0.1, 0.15) is 59.6 Å². The monoisotopic (exact) mass is 607 g/mol. The third kappa shape index (κ3) is 12.6. The van der Waals surface area contributed by atoms with Crippen LogP contribution < -0.4 is 20.9 Å². The second kappa shape index (κ2) is 14.6. The molecule has 0 saturated carbocycles. The fourth-order valence-corrected chi connectivity index (χ4v) is 5.41. The number of amides is 3. The molecule has 5 N–H and O–H groups in total. The van der Waals surface area contributed by atoms with Gasteiger partial charge in [-0.25, -0.2) is 9.36 Å². The van der Waals surface area contributed by atoms with Crippen molar-refractivity contribution in [3.8, 4) is 5.75 Å². The van der Waals surface area contributed by atoms with E-state index in [1.54, 1.807) is 77.9 Å². The number of phosphoric ester groups is 1. The van der Waals surface area contributed by atoms with Crippen LogP contribution in [0.2, 0.25) is 0 Å². The normalized spacial score (nSPS) is 14.3. The smallest absolute Gasteiger partial charge is 0.445 e. The molecule has 2 aromatic rings. The molecule has 0 aliphatic rings. The number of hydrogen-bond donors (Lipinski definition) is 4. The fourth-order valence-electron chi connectivity index (χ4n) is 3.58. The Morgan fingerprint density at radius 3 is 1.90 bits per heavy atom. The molecular weight excluding hydrogens is 565 g/mol. The molecule has 0 radical (unpaired) electrons. The number of alkyl carbamates (subject to hydrolysis) is 1. The number of aliphatic hydroxyl groups is 1. The minimum atomic E-state index is -4.03. The van der Waals surface area contributed by atoms with E-state index in [1.165, 1.54) is 19.1 Å². The molecule has 3 amide bonds. The van der Waals surface area contributed by atoms with Crippen LogP contribution in [0.4, 0.5) is 4.79 Å². The molecule has 0 aliphatic carbocycles. The first-order chi connectivity index (χ1) is 19.4. The van der Waals surface area contributed by atoms with Crippen molar-refractivity contribution in [2.24, 2.45) is 5.73 Å². The summed E-state index contributed by atoms with van der Waals surface area (Å²) in [6.45, 7) is 11.6. The van der Waals surface area contributed by atoms with Crippen LogP contribution in [-0.4, -0.2) is 52.4 Å². The van der Waals surface area contributed by atoms with Crippen LogP contribution in [-0.2, 0) is 41.0 Å². The number of hydrogen-bond acceptors (Lipinski definition) is 9. The van der Waals surface area contributed by atoms with Gasteiger partial charge in [0.25, 0.3) is 0 Å². The zero-order valence-electron chi connectivity index (χ0n) is 25.1. The molecule has 42 heavy (non-hydrogen) atoms. The summed E-state index contributed by atoms with van der Waals surface area (Å²) in [6.07, 6.45) is -2.17. The van der Waals surface area contributed by atoms with E-state index in [4.69, 9.17) is 24.0 Å². The third-order valence-electron chi connectivity index (χ3n) is 5.26. The minimum absolute atomic E-state index is 0.0298. The van der Waals surface area contributed by atoms with E-state index in [9.17, 15) is 24.1 Å². The molecule has 13 heteroatoms. The quantitative estimate of drug-likeness (QED) is 0.245. The van der Waals surface area contributed by atoms with Gasteiger partial charge in [0.1, 0.15) is 24.4 Å². The Morgan fingerprint density at radius 1 is 0.881 bits per heavy atom. The summed E-state index contributed by atoms with van der Waals surface area (Å²) in [7, 11) is -4.03. The Balaban J connectivity index is 2.22. The average Bonchev–Trinajstić information content (AvgIpc) is 2.84. The first-order valence-electron chi connectivity index (χ1n) is 13.4. The number of ether oxygens (including phenoxy) is 1. The maximum Gasteiger partial charge on any atom is 0.531 e. The van der Waals surface area contributed by atoms with Crippen molar-refractivity contribution >= 4 is 25.7 Å². The van der Waals surface area contributed by atoms with Crippen molar-refractivity contribution in [2.75, 3.05) is 0 Å². The van der Waals surface area contributed by atoms with Crippen molar-refractivity contribution in [1.82, 2.24) is 10.6 Å². The fraction of sp³-hybridized carbons (Fsp3) is 0.483. The zero-order chi connectivity index (χ0) is 31.7. The molecular formula is C29H42N3O9P. The number of nitrogens with two attached hydrogens (primary N) is 1. The van der Waals surface area contributed by atoms with Gasteiger partial charge in [-0.1, -0.05) is 42.5 Å². The highest BCUT2D eigenvalue weighted by atomic mass is 31.2. The largest absolute Gasteiger partial charge is 0.531 e. The van der Waals surface area contributed by atoms with E-state index in [-0.39, 0.29) is 18.8 Å². The lowest BCUT2D eigenvalue weighted by Crippen LogP contribution is -2.56. The molecule has 0 aromatic heterocycles. The number of carbonyl (C=O) groups is 3. The van der Waals surface area contributed by atoms with E-state index in [2.05, 4.69) is 10.6 Å². The molecule has 12 nitrogen and oxygen atoms in total. The lowest BCUT2D eigenvalue weighted by atomic mass is 10.0. The molecule has 0 bridgehead atoms. The maximum atomic E-state index is 13.4.